The molecule has 11 heteroatoms. The molecule has 2 aliphatic rings. The number of hydrogen-bond acceptors (Lipinski definition) is 11. The zero-order chi connectivity index (χ0) is 43.3. The molecule has 0 amide bonds. The number of carbonyl (C=O) groups is 2. The van der Waals surface area contributed by atoms with Gasteiger partial charge in [-0.15, -0.1) is 0 Å². The summed E-state index contributed by atoms with van der Waals surface area (Å²) in [4.78, 5) is 28.5. The molecular formula is C49H64N2O9. The molecule has 4 aromatic carbocycles. The zero-order valence-corrected chi connectivity index (χ0v) is 37.0. The summed E-state index contributed by atoms with van der Waals surface area (Å²) in [7, 11) is 1.63. The molecule has 0 saturated carbocycles. The number of methoxy groups -OCH3 is 1. The first kappa shape index (κ1) is 46.1. The van der Waals surface area contributed by atoms with Crippen LogP contribution >= 0.6 is 0 Å². The Labute approximate surface area is 356 Å². The van der Waals surface area contributed by atoms with Crippen LogP contribution in [0.1, 0.15) is 88.8 Å². The van der Waals surface area contributed by atoms with Gasteiger partial charge in [-0.2, -0.15) is 0 Å². The minimum absolute atomic E-state index is 0.00690. The van der Waals surface area contributed by atoms with Crippen LogP contribution in [0, 0.1) is 13.8 Å². The van der Waals surface area contributed by atoms with Crippen molar-refractivity contribution < 1.29 is 42.7 Å². The second kappa shape index (κ2) is 21.5. The number of carbonyl (C=O) groups excluding carboxylic acids is 2. The monoisotopic (exact) mass is 824 g/mol. The van der Waals surface area contributed by atoms with E-state index >= 15 is 0 Å². The molecule has 0 aromatic heterocycles. The van der Waals surface area contributed by atoms with Crippen LogP contribution in [0.15, 0.2) is 91.0 Å². The van der Waals surface area contributed by atoms with Gasteiger partial charge in [0.2, 0.25) is 0 Å². The highest BCUT2D eigenvalue weighted by Crippen LogP contribution is 2.33. The average molecular weight is 825 g/mol. The lowest BCUT2D eigenvalue weighted by molar-refractivity contribution is -0.156. The van der Waals surface area contributed by atoms with Gasteiger partial charge in [0.05, 0.1) is 45.4 Å². The summed E-state index contributed by atoms with van der Waals surface area (Å²) in [6.07, 6.45) is 0.743. The molecule has 0 radical (unpaired) electrons. The third kappa shape index (κ3) is 15.3. The van der Waals surface area contributed by atoms with Crippen molar-refractivity contribution in [3.8, 4) is 28.7 Å². The van der Waals surface area contributed by atoms with Crippen LogP contribution in [0.4, 0.5) is 0 Å². The van der Waals surface area contributed by atoms with Crippen molar-refractivity contribution in [1.29, 1.82) is 0 Å². The number of esters is 2. The van der Waals surface area contributed by atoms with Crippen molar-refractivity contribution in [3.63, 3.8) is 0 Å². The van der Waals surface area contributed by atoms with E-state index in [9.17, 15) is 9.59 Å². The summed E-state index contributed by atoms with van der Waals surface area (Å²) in [5, 5.41) is 0. The number of nitrogens with zero attached hydrogens (tertiary/aromatic N) is 2. The maximum absolute atomic E-state index is 12.0. The molecule has 2 saturated heterocycles. The quantitative estimate of drug-likeness (QED) is 0.120. The lowest BCUT2D eigenvalue weighted by atomic mass is 10.1. The molecular weight excluding hydrogens is 761 g/mol. The molecule has 0 N–H and O–H groups in total. The molecule has 60 heavy (non-hydrogen) atoms. The number of aryl methyl sites for hydroxylation is 2. The topological polar surface area (TPSA) is 105 Å². The van der Waals surface area contributed by atoms with Gasteiger partial charge in [0.25, 0.3) is 0 Å². The fourth-order valence-corrected chi connectivity index (χ4v) is 6.87. The number of para-hydroxylation sites is 2. The van der Waals surface area contributed by atoms with E-state index in [1.807, 2.05) is 108 Å². The predicted octanol–water partition coefficient (Wildman–Crippen LogP) is 9.79. The Bertz CT molecular complexity index is 1970. The van der Waals surface area contributed by atoms with Crippen LogP contribution in [0.3, 0.4) is 0 Å². The van der Waals surface area contributed by atoms with Crippen LogP contribution in [0.2, 0.25) is 0 Å². The Morgan fingerprint density at radius 2 is 1.07 bits per heavy atom. The molecule has 11 nitrogen and oxygen atoms in total. The first-order chi connectivity index (χ1) is 28.5. The third-order valence-corrected chi connectivity index (χ3v) is 9.76. The largest absolute Gasteiger partial charge is 0.493 e. The highest BCUT2D eigenvalue weighted by atomic mass is 16.6. The smallest absolute Gasteiger partial charge is 0.307 e. The van der Waals surface area contributed by atoms with Gasteiger partial charge < -0.3 is 33.2 Å². The molecule has 2 atom stereocenters. The molecule has 4 aromatic rings. The lowest BCUT2D eigenvalue weighted by Gasteiger charge is -2.33. The minimum Gasteiger partial charge on any atom is -0.493 e. The Morgan fingerprint density at radius 3 is 1.50 bits per heavy atom. The lowest BCUT2D eigenvalue weighted by Crippen LogP contribution is -2.39. The summed E-state index contributed by atoms with van der Waals surface area (Å²) in [5.74, 6) is 3.47. The summed E-state index contributed by atoms with van der Waals surface area (Å²) >= 11 is 0. The predicted molar refractivity (Wildman–Crippen MR) is 233 cm³/mol. The maximum atomic E-state index is 12.0. The molecule has 324 valence electrons. The first-order valence-corrected chi connectivity index (χ1v) is 20.9. The zero-order valence-electron chi connectivity index (χ0n) is 37.0. The van der Waals surface area contributed by atoms with Gasteiger partial charge in [0.15, 0.2) is 11.5 Å². The van der Waals surface area contributed by atoms with E-state index in [0.29, 0.717) is 50.6 Å². The summed E-state index contributed by atoms with van der Waals surface area (Å²) < 4.78 is 40.0. The maximum Gasteiger partial charge on any atom is 0.307 e. The molecule has 0 bridgehead atoms. The Morgan fingerprint density at radius 1 is 0.617 bits per heavy atom. The highest BCUT2D eigenvalue weighted by molar-refractivity contribution is 5.70. The van der Waals surface area contributed by atoms with Crippen LogP contribution in [-0.4, -0.2) is 92.5 Å². The van der Waals surface area contributed by atoms with Crippen LogP contribution in [0.5, 0.6) is 28.7 Å². The van der Waals surface area contributed by atoms with Crippen molar-refractivity contribution in [2.24, 2.45) is 0 Å². The fraction of sp³-hybridized carbons (Fsp3) is 0.469. The van der Waals surface area contributed by atoms with Gasteiger partial charge in [-0.05, 0) is 115 Å². The number of morpholine rings is 2. The summed E-state index contributed by atoms with van der Waals surface area (Å²) in [5.41, 5.74) is 3.66. The van der Waals surface area contributed by atoms with Crippen molar-refractivity contribution in [2.75, 3.05) is 59.6 Å². The fourth-order valence-electron chi connectivity index (χ4n) is 6.87. The van der Waals surface area contributed by atoms with Crippen molar-refractivity contribution in [1.82, 2.24) is 9.80 Å². The second-order valence-electron chi connectivity index (χ2n) is 17.3. The SMILES string of the molecule is COc1ccccc1Oc1ccc(C2CN(CCC(=O)OC(C)(C)C)CCO2)cc1.Cc1ccc(Oc2ccc(C3CN(CCC(=O)OC(C)(C)C)CCO3)cc2)c(C)c1. The summed E-state index contributed by atoms with van der Waals surface area (Å²) in [6.45, 7) is 21.3. The van der Waals surface area contributed by atoms with Crippen molar-refractivity contribution in [2.45, 2.75) is 91.6 Å². The van der Waals surface area contributed by atoms with E-state index in [4.69, 9.17) is 33.2 Å². The average Bonchev–Trinajstić information content (AvgIpc) is 3.20. The van der Waals surface area contributed by atoms with E-state index in [1.165, 1.54) is 5.56 Å². The normalized spacial score (nSPS) is 17.5. The molecule has 0 spiro atoms. The van der Waals surface area contributed by atoms with Gasteiger partial charge in [-0.25, -0.2) is 0 Å². The van der Waals surface area contributed by atoms with E-state index < -0.39 is 11.2 Å². The van der Waals surface area contributed by atoms with Gasteiger partial charge in [0.1, 0.15) is 28.5 Å². The molecule has 2 fully saturated rings. The van der Waals surface area contributed by atoms with Crippen molar-refractivity contribution >= 4 is 11.9 Å². The third-order valence-electron chi connectivity index (χ3n) is 9.76. The van der Waals surface area contributed by atoms with Crippen LogP contribution < -0.4 is 14.2 Å². The van der Waals surface area contributed by atoms with Crippen molar-refractivity contribution in [3.05, 3.63) is 113 Å². The second-order valence-corrected chi connectivity index (χ2v) is 17.3. The number of benzene rings is 4. The molecule has 6 rings (SSSR count). The molecule has 2 aliphatic heterocycles. The van der Waals surface area contributed by atoms with E-state index in [1.54, 1.807) is 7.11 Å². The number of rotatable bonds is 13. The van der Waals surface area contributed by atoms with E-state index in [2.05, 4.69) is 47.9 Å². The Hall–Kier alpha value is -4.94. The molecule has 0 aliphatic carbocycles. The highest BCUT2D eigenvalue weighted by Gasteiger charge is 2.25. The van der Waals surface area contributed by atoms with Gasteiger partial charge in [-0.1, -0.05) is 54.1 Å². The number of hydrogen-bond donors (Lipinski definition) is 0. The molecule has 2 unspecified atom stereocenters. The minimum atomic E-state index is -0.446. The van der Waals surface area contributed by atoms with Gasteiger partial charge in [0, 0.05) is 39.3 Å². The first-order valence-electron chi connectivity index (χ1n) is 20.9. The van der Waals surface area contributed by atoms with Crippen LogP contribution in [0.25, 0.3) is 0 Å². The van der Waals surface area contributed by atoms with Gasteiger partial charge >= 0.3 is 11.9 Å². The molecule has 2 heterocycles. The van der Waals surface area contributed by atoms with E-state index in [-0.39, 0.29) is 24.1 Å². The standard InChI is InChI=1S/C25H33NO4.C24H31NO5/c1-18-6-11-22(19(2)16-18)29-21-9-7-20(8-10-21)23-17-26(14-15-28-23)13-12-24(27)30-25(3,4)5;1-24(2,3)30-23(26)13-14-25-15-16-28-22(17-25)18-9-11-19(12-10-18)29-21-8-6-5-7-20(21)27-4/h6-11,16,23H,12-15,17H2,1-5H3;5-12,22H,13-17H2,1-4H3. The summed E-state index contributed by atoms with van der Waals surface area (Å²) in [6, 6.07) is 29.7. The number of ether oxygens (including phenoxy) is 7. The van der Waals surface area contributed by atoms with Crippen LogP contribution in [-0.2, 0) is 28.5 Å². The Kier molecular flexibility index (Phi) is 16.6. The van der Waals surface area contributed by atoms with E-state index in [0.717, 1.165) is 60.1 Å². The van der Waals surface area contributed by atoms with Gasteiger partial charge in [-0.3, -0.25) is 19.4 Å². The Balaban J connectivity index is 0.000000228.